The molecule has 176 valence electrons. The quantitative estimate of drug-likeness (QED) is 0.456. The molecule has 0 aliphatic carbocycles. The summed E-state index contributed by atoms with van der Waals surface area (Å²) in [6, 6.07) is 7.12. The molecule has 0 radical (unpaired) electrons. The number of benzene rings is 2. The molecule has 3 aromatic rings. The third-order valence-electron chi connectivity index (χ3n) is 6.10. The highest BCUT2D eigenvalue weighted by Crippen LogP contribution is 2.38. The lowest BCUT2D eigenvalue weighted by molar-refractivity contribution is -0.137. The van der Waals surface area contributed by atoms with Crippen LogP contribution in [0.15, 0.2) is 30.3 Å². The summed E-state index contributed by atoms with van der Waals surface area (Å²) >= 11 is 0. The van der Waals surface area contributed by atoms with Crippen molar-refractivity contribution >= 4 is 22.4 Å². The average Bonchev–Trinajstić information content (AvgIpc) is 2.77. The van der Waals surface area contributed by atoms with E-state index in [1.54, 1.807) is 27.0 Å². The number of anilines is 2. The van der Waals surface area contributed by atoms with Gasteiger partial charge in [0, 0.05) is 17.1 Å². The molecule has 2 heterocycles. The Kier molecular flexibility index (Phi) is 6.34. The van der Waals surface area contributed by atoms with Crippen LogP contribution in [-0.4, -0.2) is 30.2 Å². The van der Waals surface area contributed by atoms with Gasteiger partial charge in [-0.05, 0) is 81.1 Å². The molecule has 1 unspecified atom stereocenters. The Morgan fingerprint density at radius 3 is 2.52 bits per heavy atom. The number of rotatable bonds is 5. The van der Waals surface area contributed by atoms with Crippen LogP contribution >= 0.6 is 0 Å². The van der Waals surface area contributed by atoms with Crippen molar-refractivity contribution in [3.63, 3.8) is 0 Å². The van der Waals surface area contributed by atoms with E-state index in [0.717, 1.165) is 60.3 Å². The molecule has 1 aromatic heterocycles. The number of methoxy groups -OCH3 is 1. The van der Waals surface area contributed by atoms with Crippen LogP contribution in [0.2, 0.25) is 0 Å². The predicted molar refractivity (Wildman–Crippen MR) is 124 cm³/mol. The first-order chi connectivity index (χ1) is 15.7. The minimum Gasteiger partial charge on any atom is -0.496 e. The van der Waals surface area contributed by atoms with Gasteiger partial charge in [0.05, 0.1) is 24.2 Å². The van der Waals surface area contributed by atoms with Gasteiger partial charge in [-0.3, -0.25) is 0 Å². The summed E-state index contributed by atoms with van der Waals surface area (Å²) in [5.41, 5.74) is 7.30. The molecule has 1 atom stereocenters. The highest BCUT2D eigenvalue weighted by Gasteiger charge is 2.31. The number of hydrogen-bond acceptors (Lipinski definition) is 6. The fourth-order valence-corrected chi connectivity index (χ4v) is 4.41. The number of piperidine rings is 1. The number of nitrogens with two attached hydrogens (primary N) is 1. The van der Waals surface area contributed by atoms with E-state index in [9.17, 15) is 13.2 Å². The monoisotopic (exact) mass is 459 g/mol. The standard InChI is InChI=1S/C24H28F3N5O/c1-13(16-8-17(24(25,26)27)10-18(28)9-16)30-23-20-11-19(15-4-6-29-7-5-15)22(33-3)12-21(20)31-14(2)32-23/h8-13,15,29H,4-7,28H2,1-3H3,(H,30,31,32). The third kappa shape index (κ3) is 4.98. The zero-order chi connectivity index (χ0) is 23.8. The number of halogens is 3. The van der Waals surface area contributed by atoms with Crippen molar-refractivity contribution in [1.82, 2.24) is 15.3 Å². The molecule has 4 N–H and O–H groups in total. The lowest BCUT2D eigenvalue weighted by Gasteiger charge is -2.25. The molecule has 1 saturated heterocycles. The molecule has 1 fully saturated rings. The number of hydrogen-bond donors (Lipinski definition) is 3. The van der Waals surface area contributed by atoms with Gasteiger partial charge < -0.3 is 21.1 Å². The van der Waals surface area contributed by atoms with Crippen LogP contribution in [0.25, 0.3) is 10.9 Å². The van der Waals surface area contributed by atoms with E-state index in [2.05, 4.69) is 26.7 Å². The van der Waals surface area contributed by atoms with Gasteiger partial charge in [-0.15, -0.1) is 0 Å². The first kappa shape index (κ1) is 23.1. The number of ether oxygens (including phenoxy) is 1. The van der Waals surface area contributed by atoms with E-state index < -0.39 is 17.8 Å². The lowest BCUT2D eigenvalue weighted by Crippen LogP contribution is -2.26. The zero-order valence-electron chi connectivity index (χ0n) is 18.9. The second-order valence-electron chi connectivity index (χ2n) is 8.51. The highest BCUT2D eigenvalue weighted by molar-refractivity contribution is 5.91. The van der Waals surface area contributed by atoms with Crippen LogP contribution in [0.4, 0.5) is 24.7 Å². The number of nitrogens with zero attached hydrogens (tertiary/aromatic N) is 2. The normalized spacial score (nSPS) is 16.1. The van der Waals surface area contributed by atoms with Crippen molar-refractivity contribution in [2.24, 2.45) is 0 Å². The Bertz CT molecular complexity index is 1160. The van der Waals surface area contributed by atoms with Gasteiger partial charge in [0.1, 0.15) is 17.4 Å². The van der Waals surface area contributed by atoms with Crippen LogP contribution in [0.1, 0.15) is 54.2 Å². The third-order valence-corrected chi connectivity index (χ3v) is 6.10. The van der Waals surface area contributed by atoms with E-state index in [1.165, 1.54) is 0 Å². The number of aryl methyl sites for hydroxylation is 1. The molecule has 33 heavy (non-hydrogen) atoms. The summed E-state index contributed by atoms with van der Waals surface area (Å²) in [4.78, 5) is 9.13. The molecule has 1 aliphatic heterocycles. The van der Waals surface area contributed by atoms with Crippen LogP contribution < -0.4 is 21.1 Å². The minimum absolute atomic E-state index is 0.0649. The summed E-state index contributed by atoms with van der Waals surface area (Å²) in [5, 5.41) is 7.47. The van der Waals surface area contributed by atoms with E-state index in [-0.39, 0.29) is 5.69 Å². The van der Waals surface area contributed by atoms with Crippen molar-refractivity contribution in [3.05, 3.63) is 52.8 Å². The Morgan fingerprint density at radius 1 is 1.12 bits per heavy atom. The largest absolute Gasteiger partial charge is 0.496 e. The van der Waals surface area contributed by atoms with Crippen LogP contribution in [0, 0.1) is 6.92 Å². The van der Waals surface area contributed by atoms with Crippen molar-refractivity contribution in [2.75, 3.05) is 31.2 Å². The summed E-state index contributed by atoms with van der Waals surface area (Å²) in [6.45, 7) is 5.45. The van der Waals surface area contributed by atoms with Gasteiger partial charge in [0.15, 0.2) is 0 Å². The molecular weight excluding hydrogens is 431 g/mol. The van der Waals surface area contributed by atoms with Gasteiger partial charge in [-0.25, -0.2) is 9.97 Å². The maximum atomic E-state index is 13.3. The van der Waals surface area contributed by atoms with Gasteiger partial charge in [-0.2, -0.15) is 13.2 Å². The fourth-order valence-electron chi connectivity index (χ4n) is 4.41. The van der Waals surface area contributed by atoms with E-state index in [0.29, 0.717) is 23.1 Å². The maximum Gasteiger partial charge on any atom is 0.416 e. The molecule has 9 heteroatoms. The van der Waals surface area contributed by atoms with E-state index in [1.807, 2.05) is 6.07 Å². The van der Waals surface area contributed by atoms with Crippen LogP contribution in [0.3, 0.4) is 0 Å². The van der Waals surface area contributed by atoms with Gasteiger partial charge in [-0.1, -0.05) is 0 Å². The second kappa shape index (κ2) is 9.05. The Labute approximate surface area is 190 Å². The Hall–Kier alpha value is -3.07. The fraction of sp³-hybridized carbons (Fsp3) is 0.417. The molecule has 0 amide bonds. The second-order valence-corrected chi connectivity index (χ2v) is 8.51. The summed E-state index contributed by atoms with van der Waals surface area (Å²) in [6.07, 6.45) is -2.48. The number of alkyl halides is 3. The van der Waals surface area contributed by atoms with Gasteiger partial charge in [0.2, 0.25) is 0 Å². The summed E-state index contributed by atoms with van der Waals surface area (Å²) < 4.78 is 45.5. The van der Waals surface area contributed by atoms with Crippen molar-refractivity contribution in [1.29, 1.82) is 0 Å². The Balaban J connectivity index is 1.75. The molecule has 1 aliphatic rings. The molecule has 0 saturated carbocycles. The molecular formula is C24H28F3N5O. The predicted octanol–water partition coefficient (Wildman–Crippen LogP) is 5.19. The van der Waals surface area contributed by atoms with Crippen molar-refractivity contribution in [2.45, 2.75) is 44.8 Å². The van der Waals surface area contributed by atoms with Crippen molar-refractivity contribution in [3.8, 4) is 5.75 Å². The molecule has 0 bridgehead atoms. The number of aromatic nitrogens is 2. The zero-order valence-corrected chi connectivity index (χ0v) is 18.9. The van der Waals surface area contributed by atoms with Crippen molar-refractivity contribution < 1.29 is 17.9 Å². The number of nitrogen functional groups attached to an aromatic ring is 1. The lowest BCUT2D eigenvalue weighted by atomic mass is 9.88. The first-order valence-electron chi connectivity index (χ1n) is 11.0. The maximum absolute atomic E-state index is 13.3. The molecule has 4 rings (SSSR count). The summed E-state index contributed by atoms with van der Waals surface area (Å²) in [7, 11) is 1.65. The summed E-state index contributed by atoms with van der Waals surface area (Å²) in [5.74, 6) is 2.26. The molecule has 6 nitrogen and oxygen atoms in total. The Morgan fingerprint density at radius 2 is 1.85 bits per heavy atom. The van der Waals surface area contributed by atoms with E-state index >= 15 is 0 Å². The molecule has 2 aromatic carbocycles. The highest BCUT2D eigenvalue weighted by atomic mass is 19.4. The van der Waals surface area contributed by atoms with E-state index in [4.69, 9.17) is 10.5 Å². The number of nitrogens with one attached hydrogen (secondary N) is 2. The topological polar surface area (TPSA) is 85.1 Å². The molecule has 0 spiro atoms. The minimum atomic E-state index is -4.47. The van der Waals surface area contributed by atoms with Crippen LogP contribution in [-0.2, 0) is 6.18 Å². The number of fused-ring (bicyclic) bond motifs is 1. The van der Waals surface area contributed by atoms with Gasteiger partial charge in [0.25, 0.3) is 0 Å². The van der Waals surface area contributed by atoms with Crippen LogP contribution in [0.5, 0.6) is 5.75 Å². The average molecular weight is 460 g/mol. The smallest absolute Gasteiger partial charge is 0.416 e. The SMILES string of the molecule is COc1cc2nc(C)nc(NC(C)c3cc(N)cc(C(F)(F)F)c3)c2cc1C1CCNCC1. The first-order valence-corrected chi connectivity index (χ1v) is 11.0. The van der Waals surface area contributed by atoms with Gasteiger partial charge >= 0.3 is 6.18 Å².